The van der Waals surface area contributed by atoms with Crippen molar-refractivity contribution in [3.63, 3.8) is 0 Å². The van der Waals surface area contributed by atoms with E-state index < -0.39 is 22.5 Å². The van der Waals surface area contributed by atoms with Crippen LogP contribution in [0.3, 0.4) is 0 Å². The van der Waals surface area contributed by atoms with Crippen LogP contribution in [-0.4, -0.2) is 9.91 Å². The molecule has 0 N–H and O–H groups in total. The zero-order chi connectivity index (χ0) is 17.5. The predicted octanol–water partition coefficient (Wildman–Crippen LogP) is 4.97. The molecule has 0 radical (unpaired) electrons. The molecule has 1 heterocycles. The maximum atomic E-state index is 13.4. The van der Waals surface area contributed by atoms with E-state index in [2.05, 4.69) is 4.98 Å². The molecular formula is C16H8F4N2O2. The molecule has 24 heavy (non-hydrogen) atoms. The fourth-order valence-corrected chi connectivity index (χ4v) is 2.32. The molecule has 2 aromatic carbocycles. The highest BCUT2D eigenvalue weighted by Gasteiger charge is 2.34. The summed E-state index contributed by atoms with van der Waals surface area (Å²) in [6.45, 7) is 0. The molecular weight excluding hydrogens is 328 g/mol. The van der Waals surface area contributed by atoms with E-state index in [-0.39, 0.29) is 11.3 Å². The monoisotopic (exact) mass is 336 g/mol. The van der Waals surface area contributed by atoms with Crippen LogP contribution >= 0.6 is 0 Å². The van der Waals surface area contributed by atoms with E-state index in [1.165, 1.54) is 30.3 Å². The Labute approximate surface area is 132 Å². The fraction of sp³-hybridized carbons (Fsp3) is 0.0625. The second kappa shape index (κ2) is 5.55. The molecule has 8 heteroatoms. The van der Waals surface area contributed by atoms with Gasteiger partial charge in [0.25, 0.3) is 5.69 Å². The maximum absolute atomic E-state index is 13.4. The fourth-order valence-electron chi connectivity index (χ4n) is 2.32. The third-order valence-corrected chi connectivity index (χ3v) is 3.48. The van der Waals surface area contributed by atoms with Gasteiger partial charge in [0.15, 0.2) is 0 Å². The molecule has 0 atom stereocenters. The number of aromatic nitrogens is 1. The van der Waals surface area contributed by atoms with E-state index in [1.807, 2.05) is 0 Å². The summed E-state index contributed by atoms with van der Waals surface area (Å²) < 4.78 is 51.8. The van der Waals surface area contributed by atoms with Gasteiger partial charge in [-0.3, -0.25) is 10.1 Å². The Balaban J connectivity index is 2.14. The highest BCUT2D eigenvalue weighted by Crippen LogP contribution is 2.35. The van der Waals surface area contributed by atoms with Gasteiger partial charge in [0, 0.05) is 11.5 Å². The maximum Gasteiger partial charge on any atom is 0.419 e. The number of halogens is 4. The predicted molar refractivity (Wildman–Crippen MR) is 78.8 cm³/mol. The second-order valence-corrected chi connectivity index (χ2v) is 5.05. The molecule has 0 spiro atoms. The lowest BCUT2D eigenvalue weighted by Gasteiger charge is -2.10. The van der Waals surface area contributed by atoms with Gasteiger partial charge >= 0.3 is 6.18 Å². The first-order valence-electron chi connectivity index (χ1n) is 6.67. The van der Waals surface area contributed by atoms with E-state index >= 15 is 0 Å². The lowest BCUT2D eigenvalue weighted by Crippen LogP contribution is -2.08. The molecule has 0 aliphatic heterocycles. The summed E-state index contributed by atoms with van der Waals surface area (Å²) in [6, 6.07) is 8.48. The first-order chi connectivity index (χ1) is 11.3. The van der Waals surface area contributed by atoms with Gasteiger partial charge < -0.3 is 0 Å². The van der Waals surface area contributed by atoms with Gasteiger partial charge in [-0.1, -0.05) is 12.1 Å². The van der Waals surface area contributed by atoms with Crippen LogP contribution < -0.4 is 0 Å². The number of alkyl halides is 3. The normalized spacial score (nSPS) is 11.7. The average Bonchev–Trinajstić information content (AvgIpc) is 2.53. The minimum atomic E-state index is -4.81. The Morgan fingerprint density at radius 3 is 2.33 bits per heavy atom. The number of pyridine rings is 1. The molecule has 0 aliphatic carbocycles. The van der Waals surface area contributed by atoms with Crippen molar-refractivity contribution in [2.24, 2.45) is 0 Å². The van der Waals surface area contributed by atoms with E-state index in [4.69, 9.17) is 0 Å². The van der Waals surface area contributed by atoms with E-state index in [9.17, 15) is 27.7 Å². The van der Waals surface area contributed by atoms with Crippen molar-refractivity contribution in [1.29, 1.82) is 0 Å². The summed E-state index contributed by atoms with van der Waals surface area (Å²) in [5, 5.41) is 11.2. The van der Waals surface area contributed by atoms with Crippen molar-refractivity contribution < 1.29 is 22.5 Å². The van der Waals surface area contributed by atoms with Crippen molar-refractivity contribution in [3.05, 3.63) is 70.2 Å². The zero-order valence-electron chi connectivity index (χ0n) is 11.8. The first-order valence-corrected chi connectivity index (χ1v) is 6.67. The molecule has 0 bridgehead atoms. The van der Waals surface area contributed by atoms with Crippen molar-refractivity contribution >= 4 is 16.6 Å². The number of rotatable bonds is 2. The van der Waals surface area contributed by atoms with Crippen molar-refractivity contribution in [2.75, 3.05) is 0 Å². The van der Waals surface area contributed by atoms with Crippen molar-refractivity contribution in [3.8, 4) is 11.1 Å². The van der Waals surface area contributed by atoms with Crippen LogP contribution in [0.25, 0.3) is 22.0 Å². The molecule has 3 rings (SSSR count). The molecule has 0 aliphatic rings. The Bertz CT molecular complexity index is 954. The van der Waals surface area contributed by atoms with Gasteiger partial charge in [-0.05, 0) is 35.4 Å². The van der Waals surface area contributed by atoms with Crippen LogP contribution in [0.5, 0.6) is 0 Å². The summed E-state index contributed by atoms with van der Waals surface area (Å²) in [5.41, 5.74) is -0.609. The smallest absolute Gasteiger partial charge is 0.258 e. The highest BCUT2D eigenvalue weighted by molar-refractivity contribution is 5.85. The molecule has 0 unspecified atom stereocenters. The van der Waals surface area contributed by atoms with E-state index in [1.54, 1.807) is 0 Å². The third kappa shape index (κ3) is 2.90. The molecule has 0 amide bonds. The summed E-state index contributed by atoms with van der Waals surface area (Å²) in [6.07, 6.45) is -3.71. The minimum Gasteiger partial charge on any atom is -0.258 e. The summed E-state index contributed by atoms with van der Waals surface area (Å²) >= 11 is 0. The lowest BCUT2D eigenvalue weighted by atomic mass is 10.0. The summed E-state index contributed by atoms with van der Waals surface area (Å²) in [4.78, 5) is 14.1. The van der Waals surface area contributed by atoms with Crippen LogP contribution in [0.1, 0.15) is 5.56 Å². The molecule has 4 nitrogen and oxygen atoms in total. The molecule has 0 saturated carbocycles. The lowest BCUT2D eigenvalue weighted by molar-refractivity contribution is -0.385. The van der Waals surface area contributed by atoms with Gasteiger partial charge in [0.05, 0.1) is 16.0 Å². The standard InChI is InChI=1S/C16H8F4N2O2/c17-14-3-1-10(7-13(14)16(18,19)20)9-2-4-15-11(5-9)6-12(8-21-15)22(23)24/h1-8H. The Morgan fingerprint density at radius 2 is 1.67 bits per heavy atom. The molecule has 122 valence electrons. The van der Waals surface area contributed by atoms with Crippen molar-refractivity contribution in [1.82, 2.24) is 4.98 Å². The van der Waals surface area contributed by atoms with Gasteiger partial charge in [0.1, 0.15) is 12.0 Å². The molecule has 1 aromatic heterocycles. The van der Waals surface area contributed by atoms with Crippen LogP contribution in [0.15, 0.2) is 48.7 Å². The van der Waals surface area contributed by atoms with Gasteiger partial charge in [-0.2, -0.15) is 13.2 Å². The van der Waals surface area contributed by atoms with Gasteiger partial charge in [-0.25, -0.2) is 9.37 Å². The highest BCUT2D eigenvalue weighted by atomic mass is 19.4. The van der Waals surface area contributed by atoms with Crippen LogP contribution in [0, 0.1) is 15.9 Å². The van der Waals surface area contributed by atoms with Crippen molar-refractivity contribution in [2.45, 2.75) is 6.18 Å². The Hall–Kier alpha value is -3.03. The second-order valence-electron chi connectivity index (χ2n) is 5.05. The zero-order valence-corrected chi connectivity index (χ0v) is 11.8. The van der Waals surface area contributed by atoms with E-state index in [0.717, 1.165) is 12.3 Å². The van der Waals surface area contributed by atoms with Crippen LogP contribution in [-0.2, 0) is 6.18 Å². The topological polar surface area (TPSA) is 56.0 Å². The number of benzene rings is 2. The SMILES string of the molecule is O=[N+]([O-])c1cnc2ccc(-c3ccc(F)c(C(F)(F)F)c3)cc2c1. The molecule has 0 saturated heterocycles. The number of nitrogens with zero attached hydrogens (tertiary/aromatic N) is 2. The largest absolute Gasteiger partial charge is 0.419 e. The third-order valence-electron chi connectivity index (χ3n) is 3.48. The summed E-state index contributed by atoms with van der Waals surface area (Å²) in [7, 11) is 0. The van der Waals surface area contributed by atoms with Crippen LogP contribution in [0.4, 0.5) is 23.2 Å². The average molecular weight is 336 g/mol. The number of hydrogen-bond donors (Lipinski definition) is 0. The van der Waals surface area contributed by atoms with Gasteiger partial charge in [-0.15, -0.1) is 0 Å². The number of hydrogen-bond acceptors (Lipinski definition) is 3. The first kappa shape index (κ1) is 15.9. The molecule has 3 aromatic rings. The number of fused-ring (bicyclic) bond motifs is 1. The van der Waals surface area contributed by atoms with E-state index in [0.29, 0.717) is 22.5 Å². The van der Waals surface area contributed by atoms with Gasteiger partial charge in [0.2, 0.25) is 0 Å². The van der Waals surface area contributed by atoms with Crippen LogP contribution in [0.2, 0.25) is 0 Å². The Kier molecular flexibility index (Phi) is 3.67. The molecule has 0 fully saturated rings. The Morgan fingerprint density at radius 1 is 1.00 bits per heavy atom. The minimum absolute atomic E-state index is 0.150. The summed E-state index contributed by atoms with van der Waals surface area (Å²) in [5.74, 6) is -1.36. The quantitative estimate of drug-likeness (QED) is 0.377. The number of nitro groups is 1.